The molecule has 5 N–H and O–H groups in total. The van der Waals surface area contributed by atoms with Gasteiger partial charge in [-0.05, 0) is 360 Å². The molecule has 27 aromatic rings. The Morgan fingerprint density at radius 3 is 0.533 bits per heavy atom. The minimum Gasteiger partial charge on any atom is -0.478 e. The molecule has 0 bridgehead atoms. The van der Waals surface area contributed by atoms with Gasteiger partial charge in [-0.15, -0.1) is 16.7 Å². The molecule has 0 atom stereocenters. The normalized spacial score (nSPS) is 22.9. The minimum atomic E-state index is -1.24. The molecule has 466 valence electrons. The highest BCUT2D eigenvalue weighted by Crippen LogP contribution is 2.91. The molecular weight excluding hydrogens is 1300 g/mol. The summed E-state index contributed by atoms with van der Waals surface area (Å²) in [6, 6.07) is 39.5. The zero-order chi connectivity index (χ0) is 67.1. The predicted molar refractivity (Wildman–Crippen MR) is 402 cm³/mol. The number of carboxylic acids is 5. The Balaban J connectivity index is 0.989. The summed E-state index contributed by atoms with van der Waals surface area (Å²) in [5, 5.41) is 108. The number of rotatable bonds is 10. The summed E-state index contributed by atoms with van der Waals surface area (Å²) in [5.74, 6) is -5.17. The van der Waals surface area contributed by atoms with Gasteiger partial charge in [-0.25, -0.2) is 24.0 Å². The van der Waals surface area contributed by atoms with Crippen molar-refractivity contribution < 1.29 is 49.5 Å². The van der Waals surface area contributed by atoms with Gasteiger partial charge in [0.15, 0.2) is 0 Å². The summed E-state index contributed by atoms with van der Waals surface area (Å²) in [7, 11) is 0. The van der Waals surface area contributed by atoms with Crippen LogP contribution in [0.1, 0.15) is 163 Å². The zero-order valence-electron chi connectivity index (χ0n) is 53.3. The highest BCUT2D eigenvalue weighted by molar-refractivity contribution is 6.77. The van der Waals surface area contributed by atoms with E-state index in [-0.39, 0.29) is 27.8 Å². The Kier molecular flexibility index (Phi) is 5.28. The van der Waals surface area contributed by atoms with E-state index in [0.29, 0.717) is 0 Å². The van der Waals surface area contributed by atoms with E-state index in [9.17, 15) is 49.5 Å². The average molecular weight is 1330 g/mol. The Bertz CT molecular complexity index is 7820. The molecule has 105 heavy (non-hydrogen) atoms. The largest absolute Gasteiger partial charge is 0.478 e. The van der Waals surface area contributed by atoms with Crippen LogP contribution in [0.4, 0.5) is 0 Å². The Morgan fingerprint density at radius 1 is 0.181 bits per heavy atom. The first-order valence-corrected chi connectivity index (χ1v) is 36.2. The van der Waals surface area contributed by atoms with Gasteiger partial charge in [0.25, 0.3) is 0 Å². The van der Waals surface area contributed by atoms with Crippen LogP contribution in [-0.2, 0) is 27.1 Å². The molecular formula is C95H25O10-. The fourth-order valence-electron chi connectivity index (χ4n) is 30.9. The third-order valence-electron chi connectivity index (χ3n) is 32.2. The summed E-state index contributed by atoms with van der Waals surface area (Å²) in [4.78, 5) is 68.5. The highest BCUT2D eigenvalue weighted by Gasteiger charge is 2.76. The van der Waals surface area contributed by atoms with Gasteiger partial charge in [0.05, 0.1) is 27.8 Å². The van der Waals surface area contributed by atoms with Gasteiger partial charge in [0.1, 0.15) is 0 Å². The van der Waals surface area contributed by atoms with Crippen LogP contribution in [0.5, 0.6) is 0 Å². The molecule has 37 rings (SSSR count). The van der Waals surface area contributed by atoms with Gasteiger partial charge >= 0.3 is 29.8 Å². The van der Waals surface area contributed by atoms with Crippen LogP contribution >= 0.6 is 0 Å². The number of carboxylic acid groups (broad SMARTS) is 5. The van der Waals surface area contributed by atoms with Crippen molar-refractivity contribution in [3.8, 4) is 0 Å². The van der Waals surface area contributed by atoms with Gasteiger partial charge in [-0.3, -0.25) is 0 Å². The van der Waals surface area contributed by atoms with Crippen LogP contribution in [0.3, 0.4) is 0 Å². The lowest BCUT2D eigenvalue weighted by Crippen LogP contribution is -2.51. The quantitative estimate of drug-likeness (QED) is 0.0652. The van der Waals surface area contributed by atoms with Crippen molar-refractivity contribution in [2.75, 3.05) is 0 Å². The van der Waals surface area contributed by atoms with Crippen LogP contribution in [-0.4, -0.2) is 55.4 Å². The minimum absolute atomic E-state index is 0.163. The van der Waals surface area contributed by atoms with E-state index in [1.807, 2.05) is 60.7 Å². The number of aromatic carboxylic acids is 5. The highest BCUT2D eigenvalue weighted by atomic mass is 16.4. The Hall–Kier alpha value is -13.7. The molecule has 10 nitrogen and oxygen atoms in total. The van der Waals surface area contributed by atoms with E-state index in [0.717, 1.165) is 55.6 Å². The molecule has 0 aromatic heterocycles. The van der Waals surface area contributed by atoms with Crippen LogP contribution in [0, 0.1) is 0 Å². The van der Waals surface area contributed by atoms with Gasteiger partial charge in [0, 0.05) is 27.1 Å². The zero-order valence-corrected chi connectivity index (χ0v) is 53.3. The summed E-state index contributed by atoms with van der Waals surface area (Å²) in [6.07, 6.45) is 0. The van der Waals surface area contributed by atoms with Crippen LogP contribution in [0.2, 0.25) is 0 Å². The lowest BCUT2D eigenvalue weighted by molar-refractivity contribution is 0.0686. The molecule has 0 amide bonds. The number of benzene rings is 20. The molecule has 10 heteroatoms. The molecule has 0 aliphatic heterocycles. The van der Waals surface area contributed by atoms with Crippen molar-refractivity contribution in [2.24, 2.45) is 0 Å². The summed E-state index contributed by atoms with van der Waals surface area (Å²) < 4.78 is 0. The second-order valence-corrected chi connectivity index (χ2v) is 33.8. The molecule has 27 aromatic carbocycles. The summed E-state index contributed by atoms with van der Waals surface area (Å²) in [6.45, 7) is 0. The van der Waals surface area contributed by atoms with Gasteiger partial charge < -0.3 is 25.5 Å². The van der Waals surface area contributed by atoms with Gasteiger partial charge in [-0.1, -0.05) is 60.7 Å². The van der Waals surface area contributed by atoms with Crippen molar-refractivity contribution in [1.82, 2.24) is 0 Å². The fourth-order valence-corrected chi connectivity index (χ4v) is 30.9. The predicted octanol–water partition coefficient (Wildman–Crippen LogP) is 19.6. The van der Waals surface area contributed by atoms with Crippen LogP contribution in [0.25, 0.3) is 215 Å². The van der Waals surface area contributed by atoms with Crippen molar-refractivity contribution in [3.05, 3.63) is 260 Å². The third-order valence-corrected chi connectivity index (χ3v) is 32.2. The maximum absolute atomic E-state index is 13.7. The number of hydrogen-bond acceptors (Lipinski definition) is 5. The van der Waals surface area contributed by atoms with Gasteiger partial charge in [-0.2, -0.15) is 11.1 Å². The molecule has 0 fully saturated rings. The number of carbonyl (C=O) groups is 5. The van der Waals surface area contributed by atoms with E-state index in [1.54, 1.807) is 0 Å². The van der Waals surface area contributed by atoms with E-state index >= 15 is 0 Å². The molecule has 10 aliphatic rings. The first-order valence-electron chi connectivity index (χ1n) is 36.2. The van der Waals surface area contributed by atoms with Crippen molar-refractivity contribution in [3.63, 3.8) is 0 Å². The lowest BCUT2D eigenvalue weighted by Gasteiger charge is -2.61. The topological polar surface area (TPSA) is 186 Å². The molecule has 0 unspecified atom stereocenters. The molecule has 0 heterocycles. The van der Waals surface area contributed by atoms with E-state index < -0.39 is 56.9 Å². The molecule has 0 saturated heterocycles. The SMILES string of the molecule is O=C(O)c1ccc(C23c4c5c6[c-]7c4C4(c8ccc(C(=O)O)cc8)c8c2c2c9c3c3c%10c%11c(c%12c%13c%14c(c%15c%16c%17c(c4c4c8c8c2c2c%18c9c%10c9c%10c%11c%13c%11c%13c%14c%16c%14c%16c%17c4c4c8c2c2c(c%189)c(c%10%11)c(c%13%14)c2c4%16)C%157c2ccc(C(=O)O)cc2)C%126c2ccc(C(=O)O)cc2)C53c2ccc(C(=O)O)cc2)cc1. The second-order valence-electron chi connectivity index (χ2n) is 33.8. The fraction of sp³-hybridized carbons (Fsp3) is 0.0526. The summed E-state index contributed by atoms with van der Waals surface area (Å²) in [5.41, 5.74) is 16.8. The first kappa shape index (κ1) is 46.7. The van der Waals surface area contributed by atoms with Crippen molar-refractivity contribution in [2.45, 2.75) is 27.1 Å². The smallest absolute Gasteiger partial charge is 0.335 e. The van der Waals surface area contributed by atoms with Crippen LogP contribution in [0.15, 0.2) is 121 Å². The van der Waals surface area contributed by atoms with Crippen LogP contribution < -0.4 is 0 Å². The van der Waals surface area contributed by atoms with E-state index in [2.05, 4.69) is 60.7 Å². The summed E-state index contributed by atoms with van der Waals surface area (Å²) >= 11 is 0. The third kappa shape index (κ3) is 3.10. The average Bonchev–Trinajstić information content (AvgIpc) is 1.37. The van der Waals surface area contributed by atoms with E-state index in [1.165, 1.54) is 271 Å². The number of hydrogen-bond donors (Lipinski definition) is 5. The molecule has 10 aliphatic carbocycles. The van der Waals surface area contributed by atoms with Crippen molar-refractivity contribution >= 4 is 245 Å². The lowest BCUT2D eigenvalue weighted by atomic mass is 9.45. The molecule has 0 saturated carbocycles. The van der Waals surface area contributed by atoms with Crippen molar-refractivity contribution in [1.29, 1.82) is 0 Å². The maximum atomic E-state index is 13.7. The molecule has 0 spiro atoms. The molecule has 0 radical (unpaired) electrons. The van der Waals surface area contributed by atoms with E-state index in [4.69, 9.17) is 0 Å². The monoisotopic (exact) mass is 1330 g/mol. The Labute approximate surface area is 578 Å². The van der Waals surface area contributed by atoms with Gasteiger partial charge in [0.2, 0.25) is 0 Å². The second kappa shape index (κ2) is 11.9. The first-order chi connectivity index (χ1) is 51.4. The maximum Gasteiger partial charge on any atom is 0.335 e. The standard InChI is InChI=1S/C95H25O10/c96-86(97)21-1-11-26(12-2-21)91-71-61-51-41-36-31-32-34-35-33(31)38-45-43(36)53(51)63-65-55(45)57-47(38)49-40(35)50-48-39(34)46-44-37(32)42(41)52-54(44)64-66-56(46)58(48)68-70-60(50)59(49)69-67(57)77-75(65)92(73(63)71,27-13-3-22(4-14-27)87(98)99)82-81(91)83-85-84(82)94(77,29-17-7-24(8-18-29)89(102)103)79(69)80(70)95(85,30-19-9-25(10-20-30)90(104)105)78(68)76(66)93(83,74(64)72(91)62(52)61)28-15-5-23(6-16-28)88(100)101/h1-20H,(H,96,97)(H,98,99)(H,100,101)(H,102,103)(H,104,105)/q-1. The Morgan fingerprint density at radius 2 is 0.333 bits per heavy atom.